The van der Waals surface area contributed by atoms with Crippen LogP contribution in [0.15, 0.2) is 30.0 Å². The van der Waals surface area contributed by atoms with E-state index in [-0.39, 0.29) is 0 Å². The molecule has 13 heavy (non-hydrogen) atoms. The van der Waals surface area contributed by atoms with Crippen molar-refractivity contribution in [3.63, 3.8) is 0 Å². The van der Waals surface area contributed by atoms with Gasteiger partial charge in [0.2, 0.25) is 0 Å². The summed E-state index contributed by atoms with van der Waals surface area (Å²) in [4.78, 5) is 0. The van der Waals surface area contributed by atoms with Gasteiger partial charge >= 0.3 is 0 Å². The van der Waals surface area contributed by atoms with Crippen molar-refractivity contribution in [3.8, 4) is 0 Å². The van der Waals surface area contributed by atoms with Gasteiger partial charge < -0.3 is 10.5 Å². The smallest absolute Gasteiger partial charge is 0.0958 e. The lowest BCUT2D eigenvalue weighted by atomic mass is 10.2. The van der Waals surface area contributed by atoms with E-state index in [9.17, 15) is 0 Å². The lowest BCUT2D eigenvalue weighted by molar-refractivity contribution is 0.285. The Hall–Kier alpha value is -1.44. The number of methoxy groups -OCH3 is 1. The molecule has 1 rings (SSSR count). The van der Waals surface area contributed by atoms with Crippen LogP contribution in [-0.2, 0) is 4.74 Å². The molecule has 0 radical (unpaired) electrons. The molecule has 0 saturated heterocycles. The maximum Gasteiger partial charge on any atom is 0.0958 e. The first-order valence-corrected chi connectivity index (χ1v) is 4.36. The number of benzene rings is 1. The van der Waals surface area contributed by atoms with E-state index in [0.717, 1.165) is 23.4 Å². The van der Waals surface area contributed by atoms with Gasteiger partial charge in [0.15, 0.2) is 0 Å². The summed E-state index contributed by atoms with van der Waals surface area (Å²) in [5.74, 6) is 0.977. The molecule has 0 spiro atoms. The number of nitrogens with two attached hydrogens (primary N) is 1. The van der Waals surface area contributed by atoms with E-state index in [1.165, 1.54) is 0 Å². The number of allylic oxidation sites excluding steroid dienone is 1. The minimum absolute atomic E-state index is 0.785. The van der Waals surface area contributed by atoms with Crippen LogP contribution in [0.5, 0.6) is 0 Å². The van der Waals surface area contributed by atoms with Gasteiger partial charge in [0, 0.05) is 12.1 Å². The normalized spacial score (nSPS) is 11.4. The zero-order chi connectivity index (χ0) is 9.68. The second-order valence-electron chi connectivity index (χ2n) is 2.83. The first kappa shape index (κ1) is 9.65. The van der Waals surface area contributed by atoms with Crippen molar-refractivity contribution in [2.75, 3.05) is 12.8 Å². The van der Waals surface area contributed by atoms with E-state index in [4.69, 9.17) is 10.5 Å². The standard InChI is InChI=1S/C11H15NO/c1-3-11(13-2)8-9-4-6-10(12)7-5-9/h4-8H,3,12H2,1-2H3/b11-8-. The van der Waals surface area contributed by atoms with E-state index >= 15 is 0 Å². The lowest BCUT2D eigenvalue weighted by Gasteiger charge is -2.02. The maximum atomic E-state index is 5.57. The lowest BCUT2D eigenvalue weighted by Crippen LogP contribution is -1.86. The average molecular weight is 177 g/mol. The van der Waals surface area contributed by atoms with Crippen LogP contribution >= 0.6 is 0 Å². The van der Waals surface area contributed by atoms with Crippen LogP contribution < -0.4 is 5.73 Å². The SMILES string of the molecule is CC/C(=C/c1ccc(N)cc1)OC. The zero-order valence-electron chi connectivity index (χ0n) is 8.08. The highest BCUT2D eigenvalue weighted by atomic mass is 16.5. The maximum absolute atomic E-state index is 5.57. The van der Waals surface area contributed by atoms with Crippen molar-refractivity contribution >= 4 is 11.8 Å². The Morgan fingerprint density at radius 2 is 2.00 bits per heavy atom. The quantitative estimate of drug-likeness (QED) is 0.569. The van der Waals surface area contributed by atoms with Gasteiger partial charge in [-0.05, 0) is 23.8 Å². The third-order valence-corrected chi connectivity index (χ3v) is 1.87. The molecule has 1 aromatic rings. The number of rotatable bonds is 3. The molecule has 0 amide bonds. The number of anilines is 1. The summed E-state index contributed by atoms with van der Waals surface area (Å²) < 4.78 is 5.16. The minimum Gasteiger partial charge on any atom is -0.501 e. The van der Waals surface area contributed by atoms with Gasteiger partial charge in [0.25, 0.3) is 0 Å². The van der Waals surface area contributed by atoms with Crippen LogP contribution in [0.1, 0.15) is 18.9 Å². The number of hydrogen-bond acceptors (Lipinski definition) is 2. The van der Waals surface area contributed by atoms with Crippen LogP contribution in [0.25, 0.3) is 6.08 Å². The predicted octanol–water partition coefficient (Wildman–Crippen LogP) is 2.67. The summed E-state index contributed by atoms with van der Waals surface area (Å²) in [6, 6.07) is 7.72. The van der Waals surface area contributed by atoms with E-state index in [2.05, 4.69) is 6.92 Å². The third-order valence-electron chi connectivity index (χ3n) is 1.87. The molecule has 0 aromatic heterocycles. The van der Waals surface area contributed by atoms with E-state index in [1.807, 2.05) is 30.3 Å². The molecule has 2 N–H and O–H groups in total. The molecule has 0 saturated carbocycles. The second-order valence-corrected chi connectivity index (χ2v) is 2.83. The molecule has 0 fully saturated rings. The fraction of sp³-hybridized carbons (Fsp3) is 0.273. The van der Waals surface area contributed by atoms with Gasteiger partial charge in [-0.15, -0.1) is 0 Å². The first-order chi connectivity index (χ1) is 6.26. The number of ether oxygens (including phenoxy) is 1. The zero-order valence-corrected chi connectivity index (χ0v) is 8.08. The number of nitrogen functional groups attached to an aromatic ring is 1. The fourth-order valence-corrected chi connectivity index (χ4v) is 1.08. The van der Waals surface area contributed by atoms with Gasteiger partial charge in [0.05, 0.1) is 12.9 Å². The molecular weight excluding hydrogens is 162 g/mol. The van der Waals surface area contributed by atoms with Crippen LogP contribution in [0, 0.1) is 0 Å². The molecule has 0 aliphatic carbocycles. The largest absolute Gasteiger partial charge is 0.501 e. The molecule has 70 valence electrons. The molecule has 0 unspecified atom stereocenters. The Balaban J connectivity index is 2.84. The van der Waals surface area contributed by atoms with Crippen LogP contribution in [0.3, 0.4) is 0 Å². The van der Waals surface area contributed by atoms with Gasteiger partial charge in [-0.3, -0.25) is 0 Å². The first-order valence-electron chi connectivity index (χ1n) is 4.36. The van der Waals surface area contributed by atoms with Crippen molar-refractivity contribution in [1.82, 2.24) is 0 Å². The molecule has 1 aromatic carbocycles. The molecule has 2 nitrogen and oxygen atoms in total. The topological polar surface area (TPSA) is 35.2 Å². The Morgan fingerprint density at radius 1 is 1.38 bits per heavy atom. The van der Waals surface area contributed by atoms with Gasteiger partial charge in [-0.25, -0.2) is 0 Å². The van der Waals surface area contributed by atoms with Crippen LogP contribution in [0.2, 0.25) is 0 Å². The minimum atomic E-state index is 0.785. The van der Waals surface area contributed by atoms with Crippen LogP contribution in [-0.4, -0.2) is 7.11 Å². The summed E-state index contributed by atoms with van der Waals surface area (Å²) in [7, 11) is 1.69. The second kappa shape index (κ2) is 4.55. The monoisotopic (exact) mass is 177 g/mol. The van der Waals surface area contributed by atoms with Crippen molar-refractivity contribution < 1.29 is 4.74 Å². The average Bonchev–Trinajstić information content (AvgIpc) is 2.17. The highest BCUT2D eigenvalue weighted by molar-refractivity contribution is 5.54. The summed E-state index contributed by atoms with van der Waals surface area (Å²) >= 11 is 0. The van der Waals surface area contributed by atoms with E-state index in [0.29, 0.717) is 0 Å². The Bertz CT molecular complexity index is 281. The summed E-state index contributed by atoms with van der Waals surface area (Å²) in [5, 5.41) is 0. The number of hydrogen-bond donors (Lipinski definition) is 1. The molecule has 0 aliphatic rings. The van der Waals surface area contributed by atoms with Gasteiger partial charge in [-0.1, -0.05) is 19.1 Å². The third kappa shape index (κ3) is 2.82. The Morgan fingerprint density at radius 3 is 2.46 bits per heavy atom. The van der Waals surface area contributed by atoms with E-state index < -0.39 is 0 Å². The van der Waals surface area contributed by atoms with E-state index in [1.54, 1.807) is 7.11 Å². The fourth-order valence-electron chi connectivity index (χ4n) is 1.08. The summed E-state index contributed by atoms with van der Waals surface area (Å²) in [6.07, 6.45) is 2.92. The highest BCUT2D eigenvalue weighted by Gasteiger charge is 1.93. The summed E-state index contributed by atoms with van der Waals surface area (Å²) in [6.45, 7) is 2.06. The van der Waals surface area contributed by atoms with Crippen molar-refractivity contribution in [2.45, 2.75) is 13.3 Å². The highest BCUT2D eigenvalue weighted by Crippen LogP contribution is 2.11. The van der Waals surface area contributed by atoms with Crippen molar-refractivity contribution in [2.24, 2.45) is 0 Å². The molecular formula is C11H15NO. The molecule has 0 bridgehead atoms. The molecule has 2 heteroatoms. The van der Waals surface area contributed by atoms with Crippen molar-refractivity contribution in [1.29, 1.82) is 0 Å². The van der Waals surface area contributed by atoms with Gasteiger partial charge in [-0.2, -0.15) is 0 Å². The Kier molecular flexibility index (Phi) is 3.38. The van der Waals surface area contributed by atoms with Crippen molar-refractivity contribution in [3.05, 3.63) is 35.6 Å². The molecule has 0 atom stereocenters. The molecule has 0 aliphatic heterocycles. The summed E-state index contributed by atoms with van der Waals surface area (Å²) in [5.41, 5.74) is 7.47. The van der Waals surface area contributed by atoms with Gasteiger partial charge in [0.1, 0.15) is 0 Å². The predicted molar refractivity (Wildman–Crippen MR) is 56.1 cm³/mol. The van der Waals surface area contributed by atoms with Crippen LogP contribution in [0.4, 0.5) is 5.69 Å². The molecule has 0 heterocycles. The Labute approximate surface area is 79.0 Å².